The predicted molar refractivity (Wildman–Crippen MR) is 87.8 cm³/mol. The molecule has 0 saturated carbocycles. The number of nitrogens with two attached hydrogens (primary N) is 2. The number of fused-ring (bicyclic) bond motifs is 1. The molecule has 0 saturated heterocycles. The fraction of sp³-hybridized carbons (Fsp3) is 0.357. The van der Waals surface area contributed by atoms with E-state index in [1.807, 2.05) is 6.92 Å². The van der Waals surface area contributed by atoms with Crippen LogP contribution in [-0.4, -0.2) is 21.5 Å². The van der Waals surface area contributed by atoms with Crippen molar-refractivity contribution in [1.29, 1.82) is 0 Å². The zero-order valence-corrected chi connectivity index (χ0v) is 13.0. The van der Waals surface area contributed by atoms with E-state index in [9.17, 15) is 9.00 Å². The highest BCUT2D eigenvalue weighted by molar-refractivity contribution is 7.85. The van der Waals surface area contributed by atoms with Crippen LogP contribution in [0.1, 0.15) is 29.4 Å². The number of thiophene rings is 1. The summed E-state index contributed by atoms with van der Waals surface area (Å²) in [5, 5.41) is 0.907. The van der Waals surface area contributed by atoms with Crippen molar-refractivity contribution in [2.24, 2.45) is 0 Å². The molecule has 1 aromatic carbocycles. The van der Waals surface area contributed by atoms with Gasteiger partial charge >= 0.3 is 0 Å². The van der Waals surface area contributed by atoms with Gasteiger partial charge in [0.1, 0.15) is 0 Å². The number of anilines is 2. The van der Waals surface area contributed by atoms with Crippen LogP contribution in [0.25, 0.3) is 10.1 Å². The van der Waals surface area contributed by atoms with E-state index in [-0.39, 0.29) is 11.5 Å². The van der Waals surface area contributed by atoms with Crippen LogP contribution in [0.5, 0.6) is 0 Å². The average molecular weight is 310 g/mol. The van der Waals surface area contributed by atoms with E-state index in [4.69, 9.17) is 11.5 Å². The fourth-order valence-electron chi connectivity index (χ4n) is 1.85. The van der Waals surface area contributed by atoms with E-state index >= 15 is 0 Å². The summed E-state index contributed by atoms with van der Waals surface area (Å²) in [7, 11) is -1.07. The minimum Gasteiger partial charge on any atom is -0.397 e. The molecule has 0 radical (unpaired) electrons. The molecule has 4 N–H and O–H groups in total. The Morgan fingerprint density at radius 2 is 1.95 bits per heavy atom. The van der Waals surface area contributed by atoms with E-state index < -0.39 is 10.8 Å². The molecular formula is C14H18N2O2S2. The topological polar surface area (TPSA) is 86.2 Å². The molecule has 0 bridgehead atoms. The van der Waals surface area contributed by atoms with Crippen LogP contribution in [0.15, 0.2) is 18.2 Å². The first kappa shape index (κ1) is 15.0. The number of Topliss-reactive ketones (excluding diaryl/α,β-unsaturated/α-hetero) is 1. The molecule has 1 atom stereocenters. The molecule has 0 spiro atoms. The van der Waals surface area contributed by atoms with E-state index in [1.54, 1.807) is 18.2 Å². The van der Waals surface area contributed by atoms with E-state index in [0.29, 0.717) is 22.0 Å². The van der Waals surface area contributed by atoms with Gasteiger partial charge < -0.3 is 11.5 Å². The molecule has 0 fully saturated rings. The smallest absolute Gasteiger partial charge is 0.185 e. The standard InChI is InChI=1S/C14H18N2O2S2/c1-2-3-4-20(18)8-12(17)14-6-9-5-10(15)11(16)7-13(9)19-14/h5-7H,2-4,8,15-16H2,1H3. The molecule has 1 unspecified atom stereocenters. The van der Waals surface area contributed by atoms with Crippen molar-refractivity contribution < 1.29 is 9.00 Å². The molecule has 2 aromatic rings. The van der Waals surface area contributed by atoms with Gasteiger partial charge in [-0.15, -0.1) is 11.3 Å². The highest BCUT2D eigenvalue weighted by Gasteiger charge is 2.14. The maximum atomic E-state index is 12.1. The first-order valence-electron chi connectivity index (χ1n) is 6.48. The Kier molecular flexibility index (Phi) is 4.77. The summed E-state index contributed by atoms with van der Waals surface area (Å²) in [4.78, 5) is 12.7. The molecule has 4 nitrogen and oxygen atoms in total. The van der Waals surface area contributed by atoms with Gasteiger partial charge in [0.25, 0.3) is 0 Å². The first-order valence-corrected chi connectivity index (χ1v) is 8.78. The number of nitrogen functional groups attached to an aromatic ring is 2. The second kappa shape index (κ2) is 6.37. The zero-order valence-electron chi connectivity index (χ0n) is 11.3. The molecule has 108 valence electrons. The maximum Gasteiger partial charge on any atom is 0.185 e. The summed E-state index contributed by atoms with van der Waals surface area (Å²) in [6.45, 7) is 2.04. The lowest BCUT2D eigenvalue weighted by atomic mass is 10.2. The Bertz CT molecular complexity index is 625. The Hall–Kier alpha value is -1.40. The molecule has 20 heavy (non-hydrogen) atoms. The molecule has 6 heteroatoms. The summed E-state index contributed by atoms with van der Waals surface area (Å²) in [6, 6.07) is 5.35. The Morgan fingerprint density at radius 1 is 1.25 bits per heavy atom. The van der Waals surface area contributed by atoms with Gasteiger partial charge in [0.2, 0.25) is 0 Å². The summed E-state index contributed by atoms with van der Waals surface area (Å²) >= 11 is 1.37. The monoisotopic (exact) mass is 310 g/mol. The van der Waals surface area contributed by atoms with Crippen molar-refractivity contribution >= 4 is 49.4 Å². The van der Waals surface area contributed by atoms with Crippen LogP contribution in [0.3, 0.4) is 0 Å². The van der Waals surface area contributed by atoms with Gasteiger partial charge in [-0.25, -0.2) is 0 Å². The Balaban J connectivity index is 2.16. The number of rotatable bonds is 6. The molecule has 0 aliphatic heterocycles. The molecule has 1 aromatic heterocycles. The number of carbonyl (C=O) groups is 1. The number of hydrogen-bond donors (Lipinski definition) is 2. The SMILES string of the molecule is CCCCS(=O)CC(=O)c1cc2cc(N)c(N)cc2s1. The maximum absolute atomic E-state index is 12.1. The van der Waals surface area contributed by atoms with E-state index in [0.717, 1.165) is 22.9 Å². The fourth-order valence-corrected chi connectivity index (χ4v) is 4.18. The summed E-state index contributed by atoms with van der Waals surface area (Å²) in [6.07, 6.45) is 1.88. The molecular weight excluding hydrogens is 292 g/mol. The number of unbranched alkanes of at least 4 members (excludes halogenated alkanes) is 1. The van der Waals surface area contributed by atoms with Gasteiger partial charge in [-0.1, -0.05) is 13.3 Å². The first-order chi connectivity index (χ1) is 9.51. The summed E-state index contributed by atoms with van der Waals surface area (Å²) in [5.74, 6) is 0.614. The Labute approximate surface area is 124 Å². The van der Waals surface area contributed by atoms with Gasteiger partial charge in [-0.05, 0) is 30.0 Å². The van der Waals surface area contributed by atoms with Crippen molar-refractivity contribution in [2.75, 3.05) is 23.0 Å². The van der Waals surface area contributed by atoms with Gasteiger partial charge in [0.15, 0.2) is 5.78 Å². The quantitative estimate of drug-likeness (QED) is 0.634. The number of hydrogen-bond acceptors (Lipinski definition) is 5. The lowest BCUT2D eigenvalue weighted by Crippen LogP contribution is -2.12. The Morgan fingerprint density at radius 3 is 2.65 bits per heavy atom. The van der Waals surface area contributed by atoms with Crippen LogP contribution in [0, 0.1) is 0 Å². The molecule has 1 heterocycles. The predicted octanol–water partition coefficient (Wildman–Crippen LogP) is 2.80. The number of carbonyl (C=O) groups excluding carboxylic acids is 1. The van der Waals surface area contributed by atoms with Crippen molar-refractivity contribution in [1.82, 2.24) is 0 Å². The van der Waals surface area contributed by atoms with Crippen LogP contribution in [0.2, 0.25) is 0 Å². The second-order valence-electron chi connectivity index (χ2n) is 4.69. The number of benzene rings is 1. The summed E-state index contributed by atoms with van der Waals surface area (Å²) in [5.41, 5.74) is 12.5. The van der Waals surface area contributed by atoms with Crippen molar-refractivity contribution in [3.63, 3.8) is 0 Å². The number of ketones is 1. The van der Waals surface area contributed by atoms with Gasteiger partial charge in [-0.2, -0.15) is 0 Å². The second-order valence-corrected chi connectivity index (χ2v) is 7.35. The third kappa shape index (κ3) is 3.37. The molecule has 0 aliphatic carbocycles. The van der Waals surface area contributed by atoms with Crippen molar-refractivity contribution in [3.8, 4) is 0 Å². The van der Waals surface area contributed by atoms with Crippen molar-refractivity contribution in [3.05, 3.63) is 23.1 Å². The van der Waals surface area contributed by atoms with Gasteiger partial charge in [0, 0.05) is 21.3 Å². The largest absolute Gasteiger partial charge is 0.397 e. The average Bonchev–Trinajstić information content (AvgIpc) is 2.80. The highest BCUT2D eigenvalue weighted by Crippen LogP contribution is 2.31. The van der Waals surface area contributed by atoms with Crippen molar-refractivity contribution in [2.45, 2.75) is 19.8 Å². The normalized spacial score (nSPS) is 12.7. The lowest BCUT2D eigenvalue weighted by molar-refractivity contribution is 0.102. The minimum atomic E-state index is -1.07. The van der Waals surface area contributed by atoms with E-state index in [1.165, 1.54) is 11.3 Å². The molecule has 0 amide bonds. The van der Waals surface area contributed by atoms with Crippen LogP contribution in [-0.2, 0) is 10.8 Å². The highest BCUT2D eigenvalue weighted by atomic mass is 32.2. The van der Waals surface area contributed by atoms with Gasteiger partial charge in [-0.3, -0.25) is 9.00 Å². The van der Waals surface area contributed by atoms with E-state index in [2.05, 4.69) is 0 Å². The lowest BCUT2D eigenvalue weighted by Gasteiger charge is -1.98. The zero-order chi connectivity index (χ0) is 14.7. The van der Waals surface area contributed by atoms with Crippen LogP contribution in [0.4, 0.5) is 11.4 Å². The van der Waals surface area contributed by atoms with Gasteiger partial charge in [0.05, 0.1) is 22.0 Å². The minimum absolute atomic E-state index is 0.0715. The van der Waals surface area contributed by atoms with Crippen LogP contribution < -0.4 is 11.5 Å². The third-order valence-corrected chi connectivity index (χ3v) is 5.48. The molecule has 2 rings (SSSR count). The molecule has 0 aliphatic rings. The van der Waals surface area contributed by atoms with Crippen LogP contribution >= 0.6 is 11.3 Å². The third-order valence-electron chi connectivity index (χ3n) is 3.01. The summed E-state index contributed by atoms with van der Waals surface area (Å²) < 4.78 is 12.7.